The molecule has 0 bridgehead atoms. The molecule has 0 spiro atoms. The fraction of sp³-hybridized carbons (Fsp3) is 0. The fourth-order valence-electron chi connectivity index (χ4n) is 1.24. The molecule has 1 N–H and O–H groups in total. The predicted molar refractivity (Wildman–Crippen MR) is 79.2 cm³/mol. The summed E-state index contributed by atoms with van der Waals surface area (Å²) < 4.78 is 40.3. The summed E-state index contributed by atoms with van der Waals surface area (Å²) in [5, 5.41) is 0.113. The molecule has 0 fully saturated rings. The lowest BCUT2D eigenvalue weighted by molar-refractivity contribution is 0.600. The zero-order valence-electron chi connectivity index (χ0n) is 8.95. The molecule has 1 heterocycles. The molecule has 2 aromatic rings. The first-order chi connectivity index (χ1) is 8.81. The van der Waals surface area contributed by atoms with Crippen LogP contribution in [0.1, 0.15) is 0 Å². The van der Waals surface area contributed by atoms with E-state index in [-0.39, 0.29) is 19.9 Å². The van der Waals surface area contributed by atoms with Crippen molar-refractivity contribution in [3.63, 3.8) is 0 Å². The molecule has 0 saturated carbocycles. The average Bonchev–Trinajstić information content (AvgIpc) is 2.66. The van der Waals surface area contributed by atoms with E-state index in [1.54, 1.807) is 0 Å². The lowest BCUT2D eigenvalue weighted by atomic mass is 10.3. The number of anilines is 1. The number of nitrogens with one attached hydrogen (secondary N) is 1. The molecule has 0 atom stereocenters. The average molecular weight is 405 g/mol. The van der Waals surface area contributed by atoms with Crippen molar-refractivity contribution >= 4 is 66.2 Å². The van der Waals surface area contributed by atoms with E-state index in [9.17, 15) is 12.8 Å². The number of thiophene rings is 1. The molecule has 0 aliphatic rings. The summed E-state index contributed by atoms with van der Waals surface area (Å²) in [6.07, 6.45) is 0. The van der Waals surface area contributed by atoms with Gasteiger partial charge in [0.15, 0.2) is 5.82 Å². The zero-order valence-corrected chi connectivity index (χ0v) is 13.7. The Balaban J connectivity index is 2.39. The van der Waals surface area contributed by atoms with E-state index in [0.29, 0.717) is 3.79 Å². The number of rotatable bonds is 3. The Morgan fingerprint density at radius 3 is 2.53 bits per heavy atom. The van der Waals surface area contributed by atoms with Crippen LogP contribution in [-0.4, -0.2) is 8.42 Å². The predicted octanol–water partition coefficient (Wildman–Crippen LogP) is 4.76. The molecular weight excluding hydrogens is 400 g/mol. The second-order valence-corrected chi connectivity index (χ2v) is 8.49. The van der Waals surface area contributed by atoms with Crippen molar-refractivity contribution < 1.29 is 12.8 Å². The Kier molecular flexibility index (Phi) is 4.42. The highest BCUT2D eigenvalue weighted by Gasteiger charge is 2.21. The lowest BCUT2D eigenvalue weighted by Crippen LogP contribution is -2.12. The van der Waals surface area contributed by atoms with E-state index >= 15 is 0 Å². The minimum absolute atomic E-state index is 0.0243. The van der Waals surface area contributed by atoms with E-state index in [4.69, 9.17) is 23.2 Å². The first-order valence-corrected chi connectivity index (χ1v) is 8.58. The molecule has 1 aromatic carbocycles. The van der Waals surface area contributed by atoms with Gasteiger partial charge in [0, 0.05) is 0 Å². The highest BCUT2D eigenvalue weighted by atomic mass is 79.9. The Hall–Kier alpha value is -0.340. The van der Waals surface area contributed by atoms with E-state index < -0.39 is 15.8 Å². The van der Waals surface area contributed by atoms with Gasteiger partial charge in [0.05, 0.1) is 19.5 Å². The molecule has 0 amide bonds. The van der Waals surface area contributed by atoms with Crippen molar-refractivity contribution in [2.24, 2.45) is 0 Å². The van der Waals surface area contributed by atoms with Crippen LogP contribution in [0.5, 0.6) is 0 Å². The topological polar surface area (TPSA) is 46.2 Å². The van der Waals surface area contributed by atoms with E-state index in [0.717, 1.165) is 11.3 Å². The van der Waals surface area contributed by atoms with E-state index in [1.165, 1.54) is 24.3 Å². The van der Waals surface area contributed by atoms with Gasteiger partial charge in [-0.3, -0.25) is 4.72 Å². The summed E-state index contributed by atoms with van der Waals surface area (Å²) in [6, 6.07) is 5.33. The quantitative estimate of drug-likeness (QED) is 0.801. The van der Waals surface area contributed by atoms with Gasteiger partial charge in [0.1, 0.15) is 4.21 Å². The maximum Gasteiger partial charge on any atom is 0.271 e. The van der Waals surface area contributed by atoms with Gasteiger partial charge in [0.2, 0.25) is 0 Å². The Morgan fingerprint density at radius 2 is 1.95 bits per heavy atom. The molecule has 0 unspecified atom stereocenters. The van der Waals surface area contributed by atoms with Gasteiger partial charge in [0.25, 0.3) is 10.0 Å². The second-order valence-electron chi connectivity index (χ2n) is 3.39. The maximum atomic E-state index is 13.6. The van der Waals surface area contributed by atoms with Gasteiger partial charge >= 0.3 is 0 Å². The van der Waals surface area contributed by atoms with Crippen LogP contribution in [0.2, 0.25) is 10.0 Å². The SMILES string of the molecule is O=S(=O)(Nc1cccc(Cl)c1F)c1cc(Cl)c(Br)s1. The molecule has 0 aliphatic heterocycles. The summed E-state index contributed by atoms with van der Waals surface area (Å²) in [7, 11) is -3.90. The lowest BCUT2D eigenvalue weighted by Gasteiger charge is -2.07. The number of hydrogen-bond donors (Lipinski definition) is 1. The molecule has 9 heteroatoms. The van der Waals surface area contributed by atoms with Crippen LogP contribution in [0.25, 0.3) is 0 Å². The van der Waals surface area contributed by atoms with Crippen molar-refractivity contribution in [2.45, 2.75) is 4.21 Å². The zero-order chi connectivity index (χ0) is 14.2. The highest BCUT2D eigenvalue weighted by Crippen LogP contribution is 2.35. The number of halogens is 4. The largest absolute Gasteiger partial charge is 0.276 e. The van der Waals surface area contributed by atoms with Gasteiger partial charge in [-0.2, -0.15) is 0 Å². The number of sulfonamides is 1. The second kappa shape index (κ2) is 5.57. The smallest absolute Gasteiger partial charge is 0.271 e. The highest BCUT2D eigenvalue weighted by molar-refractivity contribution is 9.11. The van der Waals surface area contributed by atoms with Crippen LogP contribution >= 0.6 is 50.5 Å². The van der Waals surface area contributed by atoms with Crippen molar-refractivity contribution in [1.29, 1.82) is 0 Å². The van der Waals surface area contributed by atoms with Gasteiger partial charge in [-0.05, 0) is 34.1 Å². The van der Waals surface area contributed by atoms with Crippen LogP contribution in [0, 0.1) is 5.82 Å². The molecule has 102 valence electrons. The van der Waals surface area contributed by atoms with Gasteiger partial charge in [-0.1, -0.05) is 29.3 Å². The number of hydrogen-bond acceptors (Lipinski definition) is 3. The molecule has 0 aliphatic carbocycles. The molecule has 3 nitrogen and oxygen atoms in total. The number of benzene rings is 1. The minimum atomic E-state index is -3.90. The van der Waals surface area contributed by atoms with Gasteiger partial charge in [-0.25, -0.2) is 12.8 Å². The van der Waals surface area contributed by atoms with Crippen LogP contribution < -0.4 is 4.72 Å². The van der Waals surface area contributed by atoms with Crippen LogP contribution in [0.4, 0.5) is 10.1 Å². The first-order valence-electron chi connectivity index (χ1n) is 4.73. The van der Waals surface area contributed by atoms with Crippen molar-refractivity contribution in [2.75, 3.05) is 4.72 Å². The summed E-state index contributed by atoms with van der Waals surface area (Å²) in [6.45, 7) is 0. The first kappa shape index (κ1) is 15.1. The Bertz CT molecular complexity index is 714. The summed E-state index contributed by atoms with van der Waals surface area (Å²) in [5.74, 6) is -0.825. The Morgan fingerprint density at radius 1 is 1.26 bits per heavy atom. The van der Waals surface area contributed by atoms with E-state index in [1.807, 2.05) is 0 Å². The third-order valence-corrected chi connectivity index (χ3v) is 6.69. The van der Waals surface area contributed by atoms with Crippen LogP contribution in [-0.2, 0) is 10.0 Å². The van der Waals surface area contributed by atoms with Crippen molar-refractivity contribution in [3.05, 3.63) is 43.9 Å². The molecule has 2 rings (SSSR count). The fourth-order valence-corrected chi connectivity index (χ4v) is 4.87. The molecule has 1 aromatic heterocycles. The molecule has 19 heavy (non-hydrogen) atoms. The van der Waals surface area contributed by atoms with Crippen LogP contribution in [0.15, 0.2) is 32.3 Å². The summed E-state index contributed by atoms with van der Waals surface area (Å²) in [5.41, 5.74) is -0.215. The normalized spacial score (nSPS) is 11.6. The third-order valence-electron chi connectivity index (χ3n) is 2.08. The third kappa shape index (κ3) is 3.22. The maximum absolute atomic E-state index is 13.6. The van der Waals surface area contributed by atoms with Crippen molar-refractivity contribution in [3.8, 4) is 0 Å². The standard InChI is InChI=1S/C10H5BrCl2FNO2S2/c11-10-6(13)4-8(18-10)19(16,17)15-7-3-1-2-5(12)9(7)14/h1-4,15H. The minimum Gasteiger partial charge on any atom is -0.276 e. The van der Waals surface area contributed by atoms with Crippen molar-refractivity contribution in [1.82, 2.24) is 0 Å². The Labute approximate surface area is 131 Å². The molecular formula is C10H5BrCl2FNO2S2. The monoisotopic (exact) mass is 403 g/mol. The van der Waals surface area contributed by atoms with Crippen LogP contribution in [0.3, 0.4) is 0 Å². The summed E-state index contributed by atoms with van der Waals surface area (Å²) >= 11 is 15.4. The summed E-state index contributed by atoms with van der Waals surface area (Å²) in [4.78, 5) is 0. The van der Waals surface area contributed by atoms with E-state index in [2.05, 4.69) is 20.7 Å². The van der Waals surface area contributed by atoms with Gasteiger partial charge in [-0.15, -0.1) is 11.3 Å². The molecule has 0 saturated heterocycles. The van der Waals surface area contributed by atoms with Gasteiger partial charge < -0.3 is 0 Å². The molecule has 0 radical (unpaired) electrons.